The van der Waals surface area contributed by atoms with Crippen LogP contribution in [0.3, 0.4) is 0 Å². The van der Waals surface area contributed by atoms with Gasteiger partial charge >= 0.3 is 0 Å². The van der Waals surface area contributed by atoms with Crippen LogP contribution in [0.5, 0.6) is 0 Å². The Bertz CT molecular complexity index is 1120. The van der Waals surface area contributed by atoms with E-state index in [9.17, 15) is 9.90 Å². The van der Waals surface area contributed by atoms with E-state index in [1.54, 1.807) is 30.6 Å². The zero-order valence-corrected chi connectivity index (χ0v) is 29.0. The van der Waals surface area contributed by atoms with Crippen LogP contribution in [0.4, 0.5) is 0 Å². The molecule has 0 aromatic carbocycles. The number of carbonyl (C=O) groups is 1. The zero-order valence-electron chi connectivity index (χ0n) is 29.0. The third kappa shape index (κ3) is 11.4. The second-order valence-corrected chi connectivity index (χ2v) is 14.0. The molecule has 0 saturated heterocycles. The number of hydrogen-bond donors (Lipinski definition) is 0. The van der Waals surface area contributed by atoms with Gasteiger partial charge in [0, 0.05) is 5.57 Å². The highest BCUT2D eigenvalue weighted by Gasteiger charge is 2.29. The molecule has 2 heteroatoms. The molecule has 41 heavy (non-hydrogen) atoms. The number of ketones is 1. The van der Waals surface area contributed by atoms with Gasteiger partial charge in [-0.05, 0) is 135 Å². The molecule has 0 aromatic heterocycles. The fourth-order valence-corrected chi connectivity index (χ4v) is 6.11. The van der Waals surface area contributed by atoms with Crippen molar-refractivity contribution in [3.8, 4) is 0 Å². The lowest BCUT2D eigenvalue weighted by molar-refractivity contribution is -0.301. The molecule has 1 saturated carbocycles. The molecule has 0 N–H and O–H groups in total. The minimum Gasteiger partial charge on any atom is -0.872 e. The monoisotopic (exact) mass is 561 g/mol. The van der Waals surface area contributed by atoms with Crippen molar-refractivity contribution in [1.82, 2.24) is 0 Å². The summed E-state index contributed by atoms with van der Waals surface area (Å²) < 4.78 is 0. The highest BCUT2D eigenvalue weighted by molar-refractivity contribution is 6.19. The number of allylic oxidation sites excluding steroid dienone is 13. The van der Waals surface area contributed by atoms with E-state index in [0.29, 0.717) is 23.0 Å². The Morgan fingerprint density at radius 3 is 1.88 bits per heavy atom. The van der Waals surface area contributed by atoms with Crippen molar-refractivity contribution in [1.29, 1.82) is 0 Å². The van der Waals surface area contributed by atoms with E-state index in [1.165, 1.54) is 48.8 Å². The third-order valence-corrected chi connectivity index (χ3v) is 8.13. The third-order valence-electron chi connectivity index (χ3n) is 8.13. The van der Waals surface area contributed by atoms with Crippen molar-refractivity contribution >= 4 is 5.78 Å². The van der Waals surface area contributed by atoms with Crippen LogP contribution in [-0.4, -0.2) is 5.78 Å². The maximum Gasteiger partial charge on any atom is 0.188 e. The van der Waals surface area contributed by atoms with Crippen molar-refractivity contribution < 1.29 is 9.90 Å². The fourth-order valence-electron chi connectivity index (χ4n) is 6.11. The topological polar surface area (TPSA) is 40.1 Å². The second-order valence-electron chi connectivity index (χ2n) is 14.0. The van der Waals surface area contributed by atoms with Crippen molar-refractivity contribution in [2.24, 2.45) is 29.6 Å². The first-order valence-corrected chi connectivity index (χ1v) is 16.0. The molecular weight excluding hydrogens is 500 g/mol. The summed E-state index contributed by atoms with van der Waals surface area (Å²) in [5, 5.41) is 11.3. The number of hydrogen-bond acceptors (Lipinski definition) is 2. The van der Waals surface area contributed by atoms with E-state index in [2.05, 4.69) is 93.5 Å². The molecule has 0 bridgehead atoms. The van der Waals surface area contributed by atoms with Gasteiger partial charge in [0.2, 0.25) is 0 Å². The van der Waals surface area contributed by atoms with Crippen LogP contribution >= 0.6 is 0 Å². The van der Waals surface area contributed by atoms with Gasteiger partial charge in [-0.2, -0.15) is 0 Å². The van der Waals surface area contributed by atoms with Gasteiger partial charge in [0.05, 0.1) is 0 Å². The molecule has 230 valence electrons. The zero-order chi connectivity index (χ0) is 31.6. The van der Waals surface area contributed by atoms with E-state index < -0.39 is 0 Å². The van der Waals surface area contributed by atoms with Gasteiger partial charge in [-0.25, -0.2) is 0 Å². The SMILES string of the molecule is CC(C)=C1C(=O)C(C(C)C)=C1[O-].CC(C)=CC1=C(C)C(C=C(C)C)CCC1.CC(C)=CC1CC/C(=C/C(C)C)C1C. The number of carbonyl (C=O) groups excluding carboxylic acids is 1. The first kappa shape index (κ1) is 36.7. The molecule has 1 fully saturated rings. The summed E-state index contributed by atoms with van der Waals surface area (Å²) in [4.78, 5) is 11.3. The van der Waals surface area contributed by atoms with Crippen LogP contribution in [0, 0.1) is 29.6 Å². The quantitative estimate of drug-likeness (QED) is 0.247. The standard InChI is InChI=1S/C15H24.C14H24.C10H14O2/c1-11(2)9-14-7-6-8-15(13(14)5)10-12(3)4;1-10(2)8-13-6-7-14(12(13)5)9-11(3)4;1-5(2)7-9(11)8(6(3)4)10(7)12/h9-10,14H,6-8H2,1-5H3;8-10,12,14H,6-7H2,1-5H3;5,11H,1-4H3/p-1/b;13-8-;. The smallest absolute Gasteiger partial charge is 0.188 e. The molecular formula is C39H61O2-. The average Bonchev–Trinajstić information content (AvgIpc) is 3.14. The molecule has 3 aliphatic carbocycles. The summed E-state index contributed by atoms with van der Waals surface area (Å²) in [6.07, 6.45) is 16.3. The van der Waals surface area contributed by atoms with E-state index in [1.807, 2.05) is 13.8 Å². The predicted octanol–water partition coefficient (Wildman–Crippen LogP) is 10.8. The van der Waals surface area contributed by atoms with Crippen molar-refractivity contribution in [3.05, 3.63) is 80.2 Å². The molecule has 0 aromatic rings. The molecule has 3 unspecified atom stereocenters. The van der Waals surface area contributed by atoms with Crippen LogP contribution in [0.1, 0.15) is 129 Å². The van der Waals surface area contributed by atoms with Crippen LogP contribution in [-0.2, 0) is 4.79 Å². The minimum absolute atomic E-state index is 0.0463. The van der Waals surface area contributed by atoms with Crippen LogP contribution in [0.2, 0.25) is 0 Å². The molecule has 0 spiro atoms. The lowest BCUT2D eigenvalue weighted by atomic mass is 9.79. The van der Waals surface area contributed by atoms with Crippen molar-refractivity contribution in [2.75, 3.05) is 0 Å². The van der Waals surface area contributed by atoms with Gasteiger partial charge in [0.1, 0.15) is 0 Å². The number of Topliss-reactive ketones (excluding diaryl/α,β-unsaturated/α-hetero) is 1. The Hall–Kier alpha value is -2.35. The summed E-state index contributed by atoms with van der Waals surface area (Å²) in [5.74, 6) is 2.93. The van der Waals surface area contributed by atoms with E-state index in [0.717, 1.165) is 17.4 Å². The minimum atomic E-state index is -0.0463. The van der Waals surface area contributed by atoms with E-state index >= 15 is 0 Å². The Balaban J connectivity index is 0.000000309. The second kappa shape index (κ2) is 16.9. The molecule has 0 radical (unpaired) electrons. The van der Waals surface area contributed by atoms with Gasteiger partial charge in [-0.1, -0.05) is 98.1 Å². The summed E-state index contributed by atoms with van der Waals surface area (Å²) >= 11 is 0. The lowest BCUT2D eigenvalue weighted by Crippen LogP contribution is -2.33. The molecule has 3 rings (SSSR count). The first-order valence-electron chi connectivity index (χ1n) is 16.0. The Morgan fingerprint density at radius 2 is 1.44 bits per heavy atom. The van der Waals surface area contributed by atoms with Gasteiger partial charge in [0.15, 0.2) is 5.78 Å². The predicted molar refractivity (Wildman–Crippen MR) is 178 cm³/mol. The van der Waals surface area contributed by atoms with E-state index in [4.69, 9.17) is 0 Å². The molecule has 0 aliphatic heterocycles. The Kier molecular flexibility index (Phi) is 15.1. The van der Waals surface area contributed by atoms with E-state index in [-0.39, 0.29) is 17.5 Å². The first-order chi connectivity index (χ1) is 19.0. The molecule has 0 amide bonds. The fraction of sp³-hybridized carbons (Fsp3) is 0.615. The molecule has 3 aliphatic rings. The molecule has 0 heterocycles. The summed E-state index contributed by atoms with van der Waals surface area (Å²) in [6.45, 7) is 29.7. The van der Waals surface area contributed by atoms with Crippen LogP contribution in [0.25, 0.3) is 0 Å². The van der Waals surface area contributed by atoms with Crippen LogP contribution < -0.4 is 5.11 Å². The maximum absolute atomic E-state index is 11.3. The van der Waals surface area contributed by atoms with Crippen molar-refractivity contribution in [2.45, 2.75) is 129 Å². The van der Waals surface area contributed by atoms with Gasteiger partial charge in [-0.15, -0.1) is 0 Å². The highest BCUT2D eigenvalue weighted by Crippen LogP contribution is 2.38. The molecule has 2 nitrogen and oxygen atoms in total. The maximum atomic E-state index is 11.3. The van der Waals surface area contributed by atoms with Gasteiger partial charge < -0.3 is 5.11 Å². The Labute approximate surface area is 254 Å². The summed E-state index contributed by atoms with van der Waals surface area (Å²) in [7, 11) is 0. The van der Waals surface area contributed by atoms with Crippen LogP contribution in [0.15, 0.2) is 80.2 Å². The Morgan fingerprint density at radius 1 is 0.854 bits per heavy atom. The normalized spacial score (nSPS) is 23.0. The lowest BCUT2D eigenvalue weighted by Gasteiger charge is -2.33. The highest BCUT2D eigenvalue weighted by atomic mass is 16.3. The number of rotatable bonds is 5. The summed E-state index contributed by atoms with van der Waals surface area (Å²) in [6, 6.07) is 0. The molecule has 3 atom stereocenters. The van der Waals surface area contributed by atoms with Gasteiger partial charge in [-0.3, -0.25) is 4.79 Å². The summed E-state index contributed by atoms with van der Waals surface area (Å²) in [5.41, 5.74) is 10.9. The van der Waals surface area contributed by atoms with Crippen molar-refractivity contribution in [3.63, 3.8) is 0 Å². The average molecular weight is 562 g/mol. The van der Waals surface area contributed by atoms with Gasteiger partial charge in [0.25, 0.3) is 0 Å². The largest absolute Gasteiger partial charge is 0.872 e.